The smallest absolute Gasteiger partial charge is 0.146 e. The summed E-state index contributed by atoms with van der Waals surface area (Å²) in [4.78, 5) is 22.9. The predicted octanol–water partition coefficient (Wildman–Crippen LogP) is 10.8. The molecule has 0 amide bonds. The van der Waals surface area contributed by atoms with Crippen molar-refractivity contribution in [2.45, 2.75) is 46.3 Å². The van der Waals surface area contributed by atoms with Crippen molar-refractivity contribution in [2.24, 2.45) is 0 Å². The SMILES string of the molecule is Cc1ccc(-c2c3nc(c(-c4nccn4COCC[Si](C)(C)C)c4ccc([nH]4)c(-c4ccc(C)cc4)c4nc(cc5ccc2[nH]5)C=C4)C=C3)cc1. The van der Waals surface area contributed by atoms with Crippen LogP contribution in [0.2, 0.25) is 25.7 Å². The normalized spacial score (nSPS) is 12.6. The van der Waals surface area contributed by atoms with Gasteiger partial charge < -0.3 is 19.3 Å². The molecule has 0 saturated carbocycles. The van der Waals surface area contributed by atoms with E-state index in [0.717, 1.165) is 91.1 Å². The van der Waals surface area contributed by atoms with Crippen molar-refractivity contribution >= 4 is 54.4 Å². The van der Waals surface area contributed by atoms with E-state index >= 15 is 0 Å². The van der Waals surface area contributed by atoms with Gasteiger partial charge in [0.1, 0.15) is 12.6 Å². The maximum atomic E-state index is 6.24. The number of H-pyrrole nitrogens is 2. The minimum absolute atomic E-state index is 0.411. The Bertz CT molecular complexity index is 2430. The van der Waals surface area contributed by atoms with Crippen LogP contribution in [-0.4, -0.2) is 44.2 Å². The summed E-state index contributed by atoms with van der Waals surface area (Å²) in [5.41, 5.74) is 14.9. The zero-order valence-electron chi connectivity index (χ0n) is 29.8. The second kappa shape index (κ2) is 13.3. The quantitative estimate of drug-likeness (QED) is 0.123. The van der Waals surface area contributed by atoms with Crippen molar-refractivity contribution in [3.63, 3.8) is 0 Å². The van der Waals surface area contributed by atoms with Crippen LogP contribution < -0.4 is 0 Å². The Morgan fingerprint density at radius 3 is 1.88 bits per heavy atom. The van der Waals surface area contributed by atoms with E-state index in [-0.39, 0.29) is 0 Å². The number of benzene rings is 2. The molecule has 0 atom stereocenters. The van der Waals surface area contributed by atoms with Crippen molar-refractivity contribution < 1.29 is 4.74 Å². The van der Waals surface area contributed by atoms with Gasteiger partial charge in [-0.2, -0.15) is 0 Å². The summed E-state index contributed by atoms with van der Waals surface area (Å²) in [5.74, 6) is 0.793. The third-order valence-electron chi connectivity index (χ3n) is 9.42. The second-order valence-corrected chi connectivity index (χ2v) is 20.3. The topological polar surface area (TPSA) is 84.4 Å². The molecule has 8 bridgehead atoms. The van der Waals surface area contributed by atoms with Gasteiger partial charge in [-0.15, -0.1) is 0 Å². The molecule has 51 heavy (non-hydrogen) atoms. The third-order valence-corrected chi connectivity index (χ3v) is 11.1. The first-order valence-corrected chi connectivity index (χ1v) is 21.3. The maximum Gasteiger partial charge on any atom is 0.146 e. The highest BCUT2D eigenvalue weighted by molar-refractivity contribution is 6.76. The minimum atomic E-state index is -1.23. The Morgan fingerprint density at radius 2 is 1.22 bits per heavy atom. The molecule has 0 aliphatic carbocycles. The molecule has 0 radical (unpaired) electrons. The highest BCUT2D eigenvalue weighted by Crippen LogP contribution is 2.36. The van der Waals surface area contributed by atoms with Gasteiger partial charge in [0.2, 0.25) is 0 Å². The summed E-state index contributed by atoms with van der Waals surface area (Å²) in [6, 6.07) is 29.0. The monoisotopic (exact) mass is 686 g/mol. The molecule has 6 heterocycles. The summed E-state index contributed by atoms with van der Waals surface area (Å²) < 4.78 is 8.33. The molecule has 8 rings (SSSR count). The summed E-state index contributed by atoms with van der Waals surface area (Å²) >= 11 is 0. The molecular weight excluding hydrogens is 645 g/mol. The molecule has 0 unspecified atom stereocenters. The average Bonchev–Trinajstić information content (AvgIpc) is 3.95. The lowest BCUT2D eigenvalue weighted by atomic mass is 10.0. The molecular formula is C43H42N6OSi. The summed E-state index contributed by atoms with van der Waals surface area (Å²) in [5, 5.41) is 0. The first-order valence-electron chi connectivity index (χ1n) is 17.6. The predicted molar refractivity (Wildman–Crippen MR) is 215 cm³/mol. The van der Waals surface area contributed by atoms with E-state index in [0.29, 0.717) is 6.73 Å². The van der Waals surface area contributed by atoms with Crippen LogP contribution in [0.3, 0.4) is 0 Å². The van der Waals surface area contributed by atoms with E-state index in [2.05, 4.69) is 151 Å². The van der Waals surface area contributed by atoms with Gasteiger partial charge >= 0.3 is 0 Å². The summed E-state index contributed by atoms with van der Waals surface area (Å²) in [6.07, 6.45) is 12.2. The first-order chi connectivity index (χ1) is 24.7. The van der Waals surface area contributed by atoms with Gasteiger partial charge in [0.25, 0.3) is 0 Å². The van der Waals surface area contributed by atoms with Gasteiger partial charge in [-0.05, 0) is 85.7 Å². The molecule has 2 N–H and O–H groups in total. The van der Waals surface area contributed by atoms with Gasteiger partial charge in [-0.1, -0.05) is 79.3 Å². The van der Waals surface area contributed by atoms with E-state index in [4.69, 9.17) is 19.7 Å². The molecule has 2 aliphatic rings. The van der Waals surface area contributed by atoms with Crippen molar-refractivity contribution in [1.29, 1.82) is 0 Å². The van der Waals surface area contributed by atoms with Crippen molar-refractivity contribution in [1.82, 2.24) is 29.5 Å². The number of aryl methyl sites for hydroxylation is 2. The van der Waals surface area contributed by atoms with Crippen LogP contribution in [-0.2, 0) is 11.5 Å². The van der Waals surface area contributed by atoms with Crippen LogP contribution in [0.15, 0.2) is 91.3 Å². The highest BCUT2D eigenvalue weighted by Gasteiger charge is 2.20. The van der Waals surface area contributed by atoms with E-state index in [1.54, 1.807) is 0 Å². The van der Waals surface area contributed by atoms with Gasteiger partial charge in [0.05, 0.1) is 33.9 Å². The van der Waals surface area contributed by atoms with Crippen molar-refractivity contribution in [2.75, 3.05) is 6.61 Å². The van der Waals surface area contributed by atoms with Crippen LogP contribution in [0.4, 0.5) is 0 Å². The zero-order valence-corrected chi connectivity index (χ0v) is 30.8. The summed E-state index contributed by atoms with van der Waals surface area (Å²) in [7, 11) is -1.23. The first kappa shape index (κ1) is 32.6. The van der Waals surface area contributed by atoms with Crippen molar-refractivity contribution in [3.05, 3.63) is 125 Å². The lowest BCUT2D eigenvalue weighted by molar-refractivity contribution is 0.0883. The highest BCUT2D eigenvalue weighted by atomic mass is 28.3. The lowest BCUT2D eigenvalue weighted by Crippen LogP contribution is -2.22. The third kappa shape index (κ3) is 6.80. The molecule has 7 nitrogen and oxygen atoms in total. The van der Waals surface area contributed by atoms with Crippen LogP contribution >= 0.6 is 0 Å². The Kier molecular flexibility index (Phi) is 8.49. The van der Waals surface area contributed by atoms with E-state index in [1.165, 1.54) is 11.1 Å². The fraction of sp³-hybridized carbons (Fsp3) is 0.186. The number of imidazole rings is 1. The number of nitrogens with one attached hydrogen (secondary N) is 2. The Labute approximate surface area is 299 Å². The number of ether oxygens (including phenoxy) is 1. The molecule has 4 aromatic heterocycles. The fourth-order valence-electron chi connectivity index (χ4n) is 6.61. The molecule has 254 valence electrons. The lowest BCUT2D eigenvalue weighted by Gasteiger charge is -2.16. The minimum Gasteiger partial charge on any atom is -0.361 e. The average molecular weight is 687 g/mol. The molecule has 0 saturated heterocycles. The molecule has 0 fully saturated rings. The van der Waals surface area contributed by atoms with Gasteiger partial charge in [-0.25, -0.2) is 15.0 Å². The van der Waals surface area contributed by atoms with Crippen LogP contribution in [0.1, 0.15) is 33.9 Å². The molecule has 0 spiro atoms. The summed E-state index contributed by atoms with van der Waals surface area (Å²) in [6.45, 7) is 12.5. The molecule has 2 aromatic carbocycles. The number of aromatic amines is 2. The number of hydrogen-bond acceptors (Lipinski definition) is 4. The Balaban J connectivity index is 1.42. The maximum absolute atomic E-state index is 6.24. The molecule has 6 aromatic rings. The fourth-order valence-corrected chi connectivity index (χ4v) is 7.36. The number of fused-ring (bicyclic) bond motifs is 8. The number of hydrogen-bond donors (Lipinski definition) is 2. The Hall–Kier alpha value is -5.57. The van der Waals surface area contributed by atoms with Crippen LogP contribution in [0.5, 0.6) is 0 Å². The van der Waals surface area contributed by atoms with E-state index < -0.39 is 8.07 Å². The Morgan fingerprint density at radius 1 is 0.647 bits per heavy atom. The van der Waals surface area contributed by atoms with Crippen molar-refractivity contribution in [3.8, 4) is 33.6 Å². The van der Waals surface area contributed by atoms with E-state index in [9.17, 15) is 0 Å². The molecule has 2 aliphatic heterocycles. The zero-order chi connectivity index (χ0) is 35.1. The van der Waals surface area contributed by atoms with Crippen LogP contribution in [0, 0.1) is 13.8 Å². The standard InChI is InChI=1S/C43H42N6OSi/c1-28-6-10-30(11-7-28)40-34-16-14-32(45-34)26-33-15-17-35(46-33)41(31-12-8-29(2)9-13-31)37-19-21-39(48-37)42(38-20-18-36(40)47-38)43-44-22-23-49(43)27-50-24-25-51(3,4)5/h6-23,26,45,48H,24-25,27H2,1-5H3. The van der Waals surface area contributed by atoms with E-state index in [1.807, 2.05) is 12.4 Å². The molecule has 8 heteroatoms. The number of rotatable bonds is 8. The number of nitrogens with zero attached hydrogens (tertiary/aromatic N) is 4. The van der Waals surface area contributed by atoms with Crippen LogP contribution in [0.25, 0.3) is 80.0 Å². The second-order valence-electron chi connectivity index (χ2n) is 14.7. The largest absolute Gasteiger partial charge is 0.361 e. The van der Waals surface area contributed by atoms with Gasteiger partial charge in [0, 0.05) is 54.8 Å². The number of aromatic nitrogens is 6. The van der Waals surface area contributed by atoms with Gasteiger partial charge in [0.15, 0.2) is 0 Å². The van der Waals surface area contributed by atoms with Gasteiger partial charge in [-0.3, -0.25) is 0 Å².